The van der Waals surface area contributed by atoms with Gasteiger partial charge in [0.2, 0.25) is 11.6 Å². The van der Waals surface area contributed by atoms with E-state index in [1.807, 2.05) is 6.92 Å². The first-order valence-corrected chi connectivity index (χ1v) is 7.68. The van der Waals surface area contributed by atoms with Gasteiger partial charge in [0.25, 0.3) is 0 Å². The van der Waals surface area contributed by atoms with Gasteiger partial charge in [-0.2, -0.15) is 0 Å². The van der Waals surface area contributed by atoms with Gasteiger partial charge >= 0.3 is 5.69 Å². The van der Waals surface area contributed by atoms with Gasteiger partial charge in [0.15, 0.2) is 0 Å². The smallest absolute Gasteiger partial charge is 0.353 e. The summed E-state index contributed by atoms with van der Waals surface area (Å²) in [7, 11) is 3.13. The fraction of sp³-hybridized carbons (Fsp3) is 0.714. The van der Waals surface area contributed by atoms with Gasteiger partial charge in [0.05, 0.1) is 24.7 Å². The van der Waals surface area contributed by atoms with E-state index in [4.69, 9.17) is 9.47 Å². The van der Waals surface area contributed by atoms with E-state index in [2.05, 4.69) is 9.97 Å². The molecule has 0 atom stereocenters. The summed E-state index contributed by atoms with van der Waals surface area (Å²) in [6, 6.07) is 0. The molecule has 0 saturated heterocycles. The van der Waals surface area contributed by atoms with E-state index in [0.717, 1.165) is 0 Å². The quantitative estimate of drug-likeness (QED) is 0.423. The standard InChI is InChI=1S/C14H25N5O5/c1-4-17(5-8-20)13-12(19(21)22)14(16-11-15-13)18(6-9-23-2)7-10-24-3/h11,20H,4-10H2,1-3H3. The summed E-state index contributed by atoms with van der Waals surface area (Å²) < 4.78 is 10.1. The summed E-state index contributed by atoms with van der Waals surface area (Å²) in [5.41, 5.74) is -0.181. The molecule has 1 aromatic heterocycles. The molecule has 136 valence electrons. The molecule has 0 amide bonds. The third-order valence-electron chi connectivity index (χ3n) is 3.45. The van der Waals surface area contributed by atoms with Crippen molar-refractivity contribution < 1.29 is 19.5 Å². The predicted octanol–water partition coefficient (Wildman–Crippen LogP) is 0.303. The van der Waals surface area contributed by atoms with Crippen LogP contribution in [-0.4, -0.2) is 80.2 Å². The first kappa shape index (κ1) is 20.0. The number of aromatic nitrogens is 2. The first-order valence-electron chi connectivity index (χ1n) is 7.68. The zero-order valence-electron chi connectivity index (χ0n) is 14.3. The van der Waals surface area contributed by atoms with E-state index >= 15 is 0 Å². The van der Waals surface area contributed by atoms with E-state index in [1.165, 1.54) is 6.33 Å². The number of nitrogens with zero attached hydrogens (tertiary/aromatic N) is 5. The monoisotopic (exact) mass is 343 g/mol. The Balaban J connectivity index is 3.30. The number of nitro groups is 1. The van der Waals surface area contributed by atoms with Crippen LogP contribution >= 0.6 is 0 Å². The molecule has 24 heavy (non-hydrogen) atoms. The normalized spacial score (nSPS) is 10.7. The van der Waals surface area contributed by atoms with Gasteiger partial charge in [-0.05, 0) is 6.92 Å². The minimum absolute atomic E-state index is 0.124. The average Bonchev–Trinajstić information content (AvgIpc) is 2.59. The van der Waals surface area contributed by atoms with Crippen molar-refractivity contribution in [1.29, 1.82) is 0 Å². The summed E-state index contributed by atoms with van der Waals surface area (Å²) in [5.74, 6) is 0.414. The number of anilines is 2. The molecule has 0 aliphatic rings. The van der Waals surface area contributed by atoms with Crippen molar-refractivity contribution in [1.82, 2.24) is 9.97 Å². The predicted molar refractivity (Wildman–Crippen MR) is 89.6 cm³/mol. The molecule has 1 aromatic rings. The number of methoxy groups -OCH3 is 2. The lowest BCUT2D eigenvalue weighted by Gasteiger charge is -2.25. The second kappa shape index (κ2) is 10.7. The molecule has 0 spiro atoms. The molecule has 1 rings (SSSR count). The van der Waals surface area contributed by atoms with Crippen molar-refractivity contribution in [2.24, 2.45) is 0 Å². The Hall–Kier alpha value is -2.04. The van der Waals surface area contributed by atoms with Gasteiger partial charge in [-0.1, -0.05) is 0 Å². The van der Waals surface area contributed by atoms with Crippen molar-refractivity contribution in [3.05, 3.63) is 16.4 Å². The molecule has 0 aliphatic heterocycles. The van der Waals surface area contributed by atoms with E-state index in [9.17, 15) is 15.2 Å². The average molecular weight is 343 g/mol. The fourth-order valence-corrected chi connectivity index (χ4v) is 2.25. The van der Waals surface area contributed by atoms with E-state index < -0.39 is 4.92 Å². The molecule has 1 N–H and O–H groups in total. The Labute approximate surface area is 141 Å². The van der Waals surface area contributed by atoms with Gasteiger partial charge in [-0.25, -0.2) is 9.97 Å². The minimum Gasteiger partial charge on any atom is -0.395 e. The van der Waals surface area contributed by atoms with Crippen LogP contribution in [0.5, 0.6) is 0 Å². The van der Waals surface area contributed by atoms with Crippen LogP contribution in [0.1, 0.15) is 6.92 Å². The fourth-order valence-electron chi connectivity index (χ4n) is 2.25. The summed E-state index contributed by atoms with van der Waals surface area (Å²) in [5, 5.41) is 20.8. The maximum Gasteiger partial charge on any atom is 0.353 e. The number of aliphatic hydroxyl groups is 1. The molecule has 0 radical (unpaired) electrons. The Bertz CT molecular complexity index is 508. The number of rotatable bonds is 12. The summed E-state index contributed by atoms with van der Waals surface area (Å²) in [6.07, 6.45) is 1.30. The summed E-state index contributed by atoms with van der Waals surface area (Å²) in [4.78, 5) is 22.7. The van der Waals surface area contributed by atoms with Crippen LogP contribution in [0, 0.1) is 10.1 Å². The van der Waals surface area contributed by atoms with Crippen molar-refractivity contribution in [2.75, 3.05) is 70.0 Å². The van der Waals surface area contributed by atoms with Crippen molar-refractivity contribution in [3.8, 4) is 0 Å². The number of hydrogen-bond acceptors (Lipinski definition) is 9. The SMILES string of the molecule is CCN(CCO)c1ncnc(N(CCOC)CCOC)c1[N+](=O)[O-]. The molecule has 0 aliphatic carbocycles. The lowest BCUT2D eigenvalue weighted by atomic mass is 10.3. The Kier molecular flexibility index (Phi) is 8.90. The van der Waals surface area contributed by atoms with Crippen LogP contribution in [-0.2, 0) is 9.47 Å². The maximum atomic E-state index is 11.7. The Morgan fingerprint density at radius 2 is 1.67 bits per heavy atom. The summed E-state index contributed by atoms with van der Waals surface area (Å²) in [6.45, 7) is 4.11. The number of likely N-dealkylation sites (N-methyl/N-ethyl adjacent to an activating group) is 1. The molecular weight excluding hydrogens is 318 g/mol. The van der Waals surface area contributed by atoms with Gasteiger partial charge in [0, 0.05) is 40.4 Å². The third kappa shape index (κ3) is 5.25. The number of ether oxygens (including phenoxy) is 2. The molecule has 10 heteroatoms. The van der Waals surface area contributed by atoms with E-state index in [0.29, 0.717) is 32.8 Å². The Morgan fingerprint density at radius 1 is 1.12 bits per heavy atom. The highest BCUT2D eigenvalue weighted by molar-refractivity contribution is 5.71. The third-order valence-corrected chi connectivity index (χ3v) is 3.45. The highest BCUT2D eigenvalue weighted by atomic mass is 16.6. The molecule has 0 aromatic carbocycles. The van der Waals surface area contributed by atoms with Crippen molar-refractivity contribution in [2.45, 2.75) is 6.92 Å². The first-order chi connectivity index (χ1) is 11.6. The van der Waals surface area contributed by atoms with Crippen LogP contribution in [0.2, 0.25) is 0 Å². The van der Waals surface area contributed by atoms with Crippen LogP contribution in [0.15, 0.2) is 6.33 Å². The molecule has 10 nitrogen and oxygen atoms in total. The molecule has 0 saturated carbocycles. The van der Waals surface area contributed by atoms with Crippen LogP contribution < -0.4 is 9.80 Å². The highest BCUT2D eigenvalue weighted by Gasteiger charge is 2.29. The molecule has 0 bridgehead atoms. The van der Waals surface area contributed by atoms with Crippen molar-refractivity contribution in [3.63, 3.8) is 0 Å². The van der Waals surface area contributed by atoms with Gasteiger partial charge in [-0.15, -0.1) is 0 Å². The molecular formula is C14H25N5O5. The second-order valence-electron chi connectivity index (χ2n) is 4.90. The largest absolute Gasteiger partial charge is 0.395 e. The lowest BCUT2D eigenvalue weighted by Crippen LogP contribution is -2.33. The van der Waals surface area contributed by atoms with Crippen LogP contribution in [0.25, 0.3) is 0 Å². The van der Waals surface area contributed by atoms with Gasteiger partial charge < -0.3 is 24.4 Å². The molecule has 0 fully saturated rings. The zero-order valence-corrected chi connectivity index (χ0v) is 14.3. The zero-order chi connectivity index (χ0) is 17.9. The lowest BCUT2D eigenvalue weighted by molar-refractivity contribution is -0.383. The number of hydrogen-bond donors (Lipinski definition) is 1. The van der Waals surface area contributed by atoms with E-state index in [-0.39, 0.29) is 30.5 Å². The molecule has 1 heterocycles. The second-order valence-corrected chi connectivity index (χ2v) is 4.90. The van der Waals surface area contributed by atoms with E-state index in [1.54, 1.807) is 24.0 Å². The minimum atomic E-state index is -0.489. The maximum absolute atomic E-state index is 11.7. The van der Waals surface area contributed by atoms with Gasteiger partial charge in [-0.3, -0.25) is 10.1 Å². The number of aliphatic hydroxyl groups excluding tert-OH is 1. The topological polar surface area (TPSA) is 114 Å². The summed E-state index contributed by atoms with van der Waals surface area (Å²) >= 11 is 0. The van der Waals surface area contributed by atoms with Gasteiger partial charge in [0.1, 0.15) is 6.33 Å². The van der Waals surface area contributed by atoms with Crippen LogP contribution in [0.4, 0.5) is 17.3 Å². The van der Waals surface area contributed by atoms with Crippen LogP contribution in [0.3, 0.4) is 0 Å². The van der Waals surface area contributed by atoms with Crippen molar-refractivity contribution >= 4 is 17.3 Å². The highest BCUT2D eigenvalue weighted by Crippen LogP contribution is 2.33. The Morgan fingerprint density at radius 3 is 2.08 bits per heavy atom. The molecule has 0 unspecified atom stereocenters.